The van der Waals surface area contributed by atoms with E-state index in [1.807, 2.05) is 30.3 Å². The molecule has 7 heteroatoms. The van der Waals surface area contributed by atoms with E-state index in [-0.39, 0.29) is 5.75 Å². The van der Waals surface area contributed by atoms with E-state index >= 15 is 0 Å². The maximum absolute atomic E-state index is 14.3. The van der Waals surface area contributed by atoms with Crippen LogP contribution in [-0.4, -0.2) is 39.0 Å². The smallest absolute Gasteiger partial charge is 0.222 e. The van der Waals surface area contributed by atoms with Crippen molar-refractivity contribution in [2.45, 2.75) is 33.4 Å². The molecule has 0 amide bonds. The lowest BCUT2D eigenvalue weighted by molar-refractivity contribution is 0.114. The van der Waals surface area contributed by atoms with E-state index in [0.717, 1.165) is 35.5 Å². The van der Waals surface area contributed by atoms with Crippen molar-refractivity contribution in [3.63, 3.8) is 0 Å². The van der Waals surface area contributed by atoms with Crippen molar-refractivity contribution in [2.24, 2.45) is 13.0 Å². The van der Waals surface area contributed by atoms with Crippen molar-refractivity contribution in [1.82, 2.24) is 14.7 Å². The molecule has 0 spiro atoms. The lowest BCUT2D eigenvalue weighted by Gasteiger charge is -2.26. The highest BCUT2D eigenvalue weighted by Crippen LogP contribution is 2.35. The van der Waals surface area contributed by atoms with Gasteiger partial charge in [0.15, 0.2) is 11.6 Å². The maximum atomic E-state index is 14.3. The first kappa shape index (κ1) is 22.9. The van der Waals surface area contributed by atoms with E-state index in [4.69, 9.17) is 4.74 Å². The van der Waals surface area contributed by atoms with Gasteiger partial charge in [0, 0.05) is 38.3 Å². The average Bonchev–Trinajstić information content (AvgIpc) is 2.99. The van der Waals surface area contributed by atoms with Crippen LogP contribution >= 0.6 is 0 Å². The fraction of sp³-hybridized carbons (Fsp3) is 0.375. The van der Waals surface area contributed by atoms with Gasteiger partial charge >= 0.3 is 0 Å². The van der Waals surface area contributed by atoms with Crippen LogP contribution in [0.3, 0.4) is 0 Å². The van der Waals surface area contributed by atoms with E-state index in [0.29, 0.717) is 24.9 Å². The molecule has 3 rings (SSSR count). The van der Waals surface area contributed by atoms with Crippen LogP contribution in [-0.2, 0) is 13.6 Å². The van der Waals surface area contributed by atoms with Crippen LogP contribution in [0.15, 0.2) is 48.5 Å². The Morgan fingerprint density at radius 3 is 2.39 bits per heavy atom. The van der Waals surface area contributed by atoms with Gasteiger partial charge in [0.25, 0.3) is 0 Å². The minimum Gasteiger partial charge on any atom is -0.436 e. The number of hydrogen-bond donors (Lipinski definition) is 1. The minimum absolute atomic E-state index is 0.0730. The first-order valence-electron chi connectivity index (χ1n) is 10.4. The van der Waals surface area contributed by atoms with Crippen LogP contribution < -0.4 is 4.74 Å². The minimum atomic E-state index is -0.781. The normalized spacial score (nSPS) is 12.5. The molecule has 0 saturated heterocycles. The van der Waals surface area contributed by atoms with Crippen molar-refractivity contribution in [2.75, 3.05) is 13.1 Å². The molecule has 0 aliphatic carbocycles. The van der Waals surface area contributed by atoms with Gasteiger partial charge in [-0.2, -0.15) is 5.10 Å². The SMILES string of the molecule is CC(C)CN(Cc1c(-c2ccccc2)nn(C)c1Oc1ccc(F)cc1F)CC(C)O. The van der Waals surface area contributed by atoms with Gasteiger partial charge in [-0.3, -0.25) is 4.90 Å². The Balaban J connectivity index is 2.06. The quantitative estimate of drug-likeness (QED) is 0.520. The maximum Gasteiger partial charge on any atom is 0.222 e. The Hall–Kier alpha value is -2.77. The number of benzene rings is 2. The highest BCUT2D eigenvalue weighted by molar-refractivity contribution is 5.65. The summed E-state index contributed by atoms with van der Waals surface area (Å²) in [5, 5.41) is 14.6. The van der Waals surface area contributed by atoms with Crippen molar-refractivity contribution < 1.29 is 18.6 Å². The van der Waals surface area contributed by atoms with Crippen molar-refractivity contribution in [3.05, 3.63) is 65.7 Å². The summed E-state index contributed by atoms with van der Waals surface area (Å²) in [6, 6.07) is 12.9. The van der Waals surface area contributed by atoms with E-state index < -0.39 is 17.7 Å². The summed E-state index contributed by atoms with van der Waals surface area (Å²) in [5.74, 6) is -0.758. The fourth-order valence-corrected chi connectivity index (χ4v) is 3.63. The third-order valence-electron chi connectivity index (χ3n) is 4.76. The summed E-state index contributed by atoms with van der Waals surface area (Å²) in [4.78, 5) is 2.13. The average molecular weight is 430 g/mol. The standard InChI is InChI=1S/C24H29F2N3O2/c1-16(2)13-29(14-17(3)30)15-20-23(18-8-6-5-7-9-18)27-28(4)24(20)31-22-11-10-19(25)12-21(22)26/h5-12,16-17,30H,13-15H2,1-4H3. The van der Waals surface area contributed by atoms with E-state index in [9.17, 15) is 13.9 Å². The molecule has 166 valence electrons. The highest BCUT2D eigenvalue weighted by atomic mass is 19.1. The Labute approximate surface area is 181 Å². The van der Waals surface area contributed by atoms with Crippen molar-refractivity contribution in [3.8, 4) is 22.9 Å². The molecule has 0 fully saturated rings. The van der Waals surface area contributed by atoms with Gasteiger partial charge in [0.1, 0.15) is 11.5 Å². The molecule has 3 aromatic rings. The highest BCUT2D eigenvalue weighted by Gasteiger charge is 2.24. The third-order valence-corrected chi connectivity index (χ3v) is 4.76. The number of ether oxygens (including phenoxy) is 1. The van der Waals surface area contributed by atoms with Gasteiger partial charge in [0.2, 0.25) is 5.88 Å². The van der Waals surface area contributed by atoms with Crippen LogP contribution in [0.4, 0.5) is 8.78 Å². The zero-order valence-electron chi connectivity index (χ0n) is 18.3. The number of hydrogen-bond acceptors (Lipinski definition) is 4. The molecule has 31 heavy (non-hydrogen) atoms. The summed E-state index contributed by atoms with van der Waals surface area (Å²) in [7, 11) is 1.73. The van der Waals surface area contributed by atoms with Crippen LogP contribution in [0.2, 0.25) is 0 Å². The van der Waals surface area contributed by atoms with Gasteiger partial charge < -0.3 is 9.84 Å². The van der Waals surface area contributed by atoms with Gasteiger partial charge in [0.05, 0.1) is 11.7 Å². The summed E-state index contributed by atoms with van der Waals surface area (Å²) in [6.07, 6.45) is -0.505. The number of rotatable bonds is 9. The Morgan fingerprint density at radius 2 is 1.77 bits per heavy atom. The Kier molecular flexibility index (Phi) is 7.41. The molecule has 0 aliphatic heterocycles. The second kappa shape index (κ2) is 10.0. The molecule has 1 atom stereocenters. The van der Waals surface area contributed by atoms with Gasteiger partial charge in [-0.05, 0) is 25.0 Å². The predicted octanol–water partition coefficient (Wildman–Crippen LogP) is 5.00. The lowest BCUT2D eigenvalue weighted by Crippen LogP contribution is -2.33. The predicted molar refractivity (Wildman–Crippen MR) is 117 cm³/mol. The molecule has 1 aromatic heterocycles. The van der Waals surface area contributed by atoms with Crippen LogP contribution in [0, 0.1) is 17.6 Å². The Morgan fingerprint density at radius 1 is 1.06 bits per heavy atom. The van der Waals surface area contributed by atoms with Gasteiger partial charge in [-0.15, -0.1) is 0 Å². The number of aryl methyl sites for hydroxylation is 1. The van der Waals surface area contributed by atoms with Crippen LogP contribution in [0.1, 0.15) is 26.3 Å². The molecule has 1 unspecified atom stereocenters. The summed E-state index contributed by atoms with van der Waals surface area (Å²) in [6.45, 7) is 7.67. The largest absolute Gasteiger partial charge is 0.436 e. The summed E-state index contributed by atoms with van der Waals surface area (Å²) in [5.41, 5.74) is 2.41. The molecule has 0 radical (unpaired) electrons. The number of aromatic nitrogens is 2. The second-order valence-corrected chi connectivity index (χ2v) is 8.24. The second-order valence-electron chi connectivity index (χ2n) is 8.24. The van der Waals surface area contributed by atoms with Crippen molar-refractivity contribution in [1.29, 1.82) is 0 Å². The molecule has 5 nitrogen and oxygen atoms in total. The topological polar surface area (TPSA) is 50.5 Å². The number of nitrogens with zero attached hydrogens (tertiary/aromatic N) is 3. The zero-order valence-corrected chi connectivity index (χ0v) is 18.3. The molecular weight excluding hydrogens is 400 g/mol. The monoisotopic (exact) mass is 429 g/mol. The first-order valence-corrected chi connectivity index (χ1v) is 10.4. The molecule has 0 saturated carbocycles. The van der Waals surface area contributed by atoms with E-state index in [2.05, 4.69) is 23.8 Å². The van der Waals surface area contributed by atoms with Crippen molar-refractivity contribution >= 4 is 0 Å². The van der Waals surface area contributed by atoms with Gasteiger partial charge in [-0.1, -0.05) is 44.2 Å². The van der Waals surface area contributed by atoms with E-state index in [1.54, 1.807) is 18.7 Å². The van der Waals surface area contributed by atoms with E-state index in [1.165, 1.54) is 6.07 Å². The number of aliphatic hydroxyl groups is 1. The third kappa shape index (κ3) is 5.89. The molecule has 1 heterocycles. The molecule has 2 aromatic carbocycles. The van der Waals surface area contributed by atoms with Crippen LogP contribution in [0.5, 0.6) is 11.6 Å². The fourth-order valence-electron chi connectivity index (χ4n) is 3.63. The lowest BCUT2D eigenvalue weighted by atomic mass is 10.1. The summed E-state index contributed by atoms with van der Waals surface area (Å²) >= 11 is 0. The number of halogens is 2. The van der Waals surface area contributed by atoms with Gasteiger partial charge in [-0.25, -0.2) is 13.5 Å². The summed E-state index contributed by atoms with van der Waals surface area (Å²) < 4.78 is 35.1. The molecular formula is C24H29F2N3O2. The molecule has 0 bridgehead atoms. The first-order chi connectivity index (χ1) is 14.7. The zero-order chi connectivity index (χ0) is 22.5. The number of aliphatic hydroxyl groups excluding tert-OH is 1. The molecule has 0 aliphatic rings. The van der Waals surface area contributed by atoms with Crippen LogP contribution in [0.25, 0.3) is 11.3 Å². The molecule has 1 N–H and O–H groups in total. The Bertz CT molecular complexity index is 994.